The normalized spacial score (nSPS) is 9.62. The molecule has 13 heavy (non-hydrogen) atoms. The molecule has 5 heteroatoms. The van der Waals surface area contributed by atoms with Gasteiger partial charge in [0.05, 0.1) is 5.56 Å². The lowest BCUT2D eigenvalue weighted by molar-refractivity contribution is 0.0695. The molecule has 0 saturated heterocycles. The Kier molecular flexibility index (Phi) is 2.27. The van der Waals surface area contributed by atoms with Gasteiger partial charge in [-0.3, -0.25) is 9.59 Å². The highest BCUT2D eigenvalue weighted by atomic mass is 16.4. The van der Waals surface area contributed by atoms with E-state index in [2.05, 4.69) is 4.98 Å². The van der Waals surface area contributed by atoms with Crippen molar-refractivity contribution in [3.05, 3.63) is 33.7 Å². The minimum Gasteiger partial charge on any atom is -0.477 e. The number of carboxylic acid groups (broad SMARTS) is 1. The van der Waals surface area contributed by atoms with Gasteiger partial charge in [-0.25, -0.2) is 4.79 Å². The Morgan fingerprint density at radius 1 is 1.31 bits per heavy atom. The molecule has 1 heterocycles. The Morgan fingerprint density at radius 2 is 1.85 bits per heavy atom. The quantitative estimate of drug-likeness (QED) is 0.641. The summed E-state index contributed by atoms with van der Waals surface area (Å²) in [5.74, 6) is -1.80. The molecule has 1 aromatic heterocycles. The van der Waals surface area contributed by atoms with Crippen LogP contribution in [0.25, 0.3) is 0 Å². The van der Waals surface area contributed by atoms with Gasteiger partial charge in [0.15, 0.2) is 5.78 Å². The van der Waals surface area contributed by atoms with Crippen LogP contribution in [-0.4, -0.2) is 21.8 Å². The summed E-state index contributed by atoms with van der Waals surface area (Å²) in [6.45, 7) is 1.20. The number of aromatic carboxylic acids is 1. The third kappa shape index (κ3) is 1.64. The van der Waals surface area contributed by atoms with Crippen LogP contribution in [-0.2, 0) is 0 Å². The number of nitrogens with one attached hydrogen (secondary N) is 1. The fourth-order valence-corrected chi connectivity index (χ4v) is 0.905. The molecular formula is C8H7NO4. The number of aromatic amines is 1. The number of rotatable bonds is 2. The van der Waals surface area contributed by atoms with E-state index in [1.54, 1.807) is 0 Å². The fraction of sp³-hybridized carbons (Fsp3) is 0.125. The first kappa shape index (κ1) is 9.18. The van der Waals surface area contributed by atoms with Crippen LogP contribution in [0.2, 0.25) is 0 Å². The van der Waals surface area contributed by atoms with Crippen molar-refractivity contribution in [3.63, 3.8) is 0 Å². The topological polar surface area (TPSA) is 87.2 Å². The summed E-state index contributed by atoms with van der Waals surface area (Å²) in [7, 11) is 0. The number of Topliss-reactive ketones (excluding diaryl/α,β-unsaturated/α-hetero) is 1. The van der Waals surface area contributed by atoms with E-state index in [9.17, 15) is 14.4 Å². The molecule has 0 saturated carbocycles. The number of H-pyrrole nitrogens is 1. The van der Waals surface area contributed by atoms with E-state index < -0.39 is 22.7 Å². The van der Waals surface area contributed by atoms with Gasteiger partial charge in [0, 0.05) is 12.4 Å². The summed E-state index contributed by atoms with van der Waals surface area (Å²) in [5, 5.41) is 8.54. The predicted octanol–water partition coefficient (Wildman–Crippen LogP) is 0.276. The summed E-state index contributed by atoms with van der Waals surface area (Å²) in [4.78, 5) is 35.0. The smallest absolute Gasteiger partial charge is 0.341 e. The van der Waals surface area contributed by atoms with Crippen molar-refractivity contribution in [1.29, 1.82) is 0 Å². The van der Waals surface area contributed by atoms with Crippen molar-refractivity contribution in [3.8, 4) is 0 Å². The third-order valence-electron chi connectivity index (χ3n) is 1.55. The molecule has 5 nitrogen and oxygen atoms in total. The number of aromatic nitrogens is 1. The monoisotopic (exact) mass is 181 g/mol. The SMILES string of the molecule is CC(=O)c1c[nH]cc(C(=O)O)c1=O. The molecule has 0 unspecified atom stereocenters. The van der Waals surface area contributed by atoms with Gasteiger partial charge >= 0.3 is 5.97 Å². The van der Waals surface area contributed by atoms with E-state index in [1.807, 2.05) is 0 Å². The lowest BCUT2D eigenvalue weighted by atomic mass is 10.1. The maximum Gasteiger partial charge on any atom is 0.341 e. The summed E-state index contributed by atoms with van der Waals surface area (Å²) in [6.07, 6.45) is 2.24. The van der Waals surface area contributed by atoms with Crippen molar-refractivity contribution in [2.75, 3.05) is 0 Å². The van der Waals surface area contributed by atoms with Gasteiger partial charge < -0.3 is 10.1 Å². The van der Waals surface area contributed by atoms with Gasteiger partial charge in [-0.1, -0.05) is 0 Å². The number of hydrogen-bond acceptors (Lipinski definition) is 3. The van der Waals surface area contributed by atoms with Crippen molar-refractivity contribution >= 4 is 11.8 Å². The number of carbonyl (C=O) groups excluding carboxylic acids is 1. The minimum atomic E-state index is -1.34. The van der Waals surface area contributed by atoms with Crippen molar-refractivity contribution in [1.82, 2.24) is 4.98 Å². The summed E-state index contributed by atoms with van der Waals surface area (Å²) in [5.41, 5.74) is -1.31. The summed E-state index contributed by atoms with van der Waals surface area (Å²) in [6, 6.07) is 0. The zero-order valence-electron chi connectivity index (χ0n) is 6.83. The number of carboxylic acids is 1. The molecule has 0 fully saturated rings. The number of pyridine rings is 1. The Morgan fingerprint density at radius 3 is 2.31 bits per heavy atom. The van der Waals surface area contributed by atoms with Crippen LogP contribution in [0.4, 0.5) is 0 Å². The number of carbonyl (C=O) groups is 2. The molecule has 0 radical (unpaired) electrons. The lowest BCUT2D eigenvalue weighted by Gasteiger charge is -1.96. The number of ketones is 1. The summed E-state index contributed by atoms with van der Waals surface area (Å²) < 4.78 is 0. The molecular weight excluding hydrogens is 174 g/mol. The van der Waals surface area contributed by atoms with E-state index >= 15 is 0 Å². The highest BCUT2D eigenvalue weighted by Crippen LogP contribution is 1.94. The third-order valence-corrected chi connectivity index (χ3v) is 1.55. The Balaban J connectivity index is 3.44. The van der Waals surface area contributed by atoms with Crippen LogP contribution >= 0.6 is 0 Å². The van der Waals surface area contributed by atoms with Crippen LogP contribution in [0.15, 0.2) is 17.2 Å². The van der Waals surface area contributed by atoms with Gasteiger partial charge in [-0.15, -0.1) is 0 Å². The van der Waals surface area contributed by atoms with Gasteiger partial charge in [-0.2, -0.15) is 0 Å². The van der Waals surface area contributed by atoms with E-state index in [0.717, 1.165) is 6.20 Å². The maximum atomic E-state index is 11.2. The van der Waals surface area contributed by atoms with E-state index in [0.29, 0.717) is 0 Å². The second-order valence-electron chi connectivity index (χ2n) is 2.47. The first-order valence-electron chi connectivity index (χ1n) is 3.49. The van der Waals surface area contributed by atoms with Crippen LogP contribution in [0.5, 0.6) is 0 Å². The fourth-order valence-electron chi connectivity index (χ4n) is 0.905. The molecule has 0 aromatic carbocycles. The summed E-state index contributed by atoms with van der Waals surface area (Å²) >= 11 is 0. The molecule has 0 aliphatic rings. The van der Waals surface area contributed by atoms with Crippen molar-refractivity contribution < 1.29 is 14.7 Å². The van der Waals surface area contributed by atoms with E-state index in [1.165, 1.54) is 13.1 Å². The van der Waals surface area contributed by atoms with E-state index in [4.69, 9.17) is 5.11 Å². The van der Waals surface area contributed by atoms with Crippen molar-refractivity contribution in [2.45, 2.75) is 6.92 Å². The molecule has 0 spiro atoms. The predicted molar refractivity (Wildman–Crippen MR) is 44.0 cm³/mol. The standard InChI is InChI=1S/C8H7NO4/c1-4(10)5-2-9-3-6(7(5)11)8(12)13/h2-3H,1H3,(H,9,11)(H,12,13). The van der Waals surface area contributed by atoms with E-state index in [-0.39, 0.29) is 5.56 Å². The zero-order chi connectivity index (χ0) is 10.0. The lowest BCUT2D eigenvalue weighted by Crippen LogP contribution is -2.21. The van der Waals surface area contributed by atoms with Crippen molar-refractivity contribution in [2.24, 2.45) is 0 Å². The van der Waals surface area contributed by atoms with Crippen LogP contribution in [0.3, 0.4) is 0 Å². The zero-order valence-corrected chi connectivity index (χ0v) is 6.83. The van der Waals surface area contributed by atoms with Gasteiger partial charge in [0.1, 0.15) is 5.56 Å². The molecule has 1 aromatic rings. The second-order valence-corrected chi connectivity index (χ2v) is 2.47. The first-order chi connectivity index (χ1) is 6.04. The Hall–Kier alpha value is -1.91. The second kappa shape index (κ2) is 3.22. The minimum absolute atomic E-state index is 0.139. The molecule has 0 atom stereocenters. The molecule has 2 N–H and O–H groups in total. The van der Waals surface area contributed by atoms with Gasteiger partial charge in [0.2, 0.25) is 5.43 Å². The highest BCUT2D eigenvalue weighted by Gasteiger charge is 2.13. The molecule has 0 amide bonds. The molecule has 0 aliphatic carbocycles. The van der Waals surface area contributed by atoms with Crippen LogP contribution in [0.1, 0.15) is 27.6 Å². The van der Waals surface area contributed by atoms with Crippen LogP contribution < -0.4 is 5.43 Å². The molecule has 0 aliphatic heterocycles. The Labute approximate surface area is 73.0 Å². The Bertz CT molecular complexity index is 383. The number of hydrogen-bond donors (Lipinski definition) is 2. The molecule has 68 valence electrons. The maximum absolute atomic E-state index is 11.2. The van der Waals surface area contributed by atoms with Gasteiger partial charge in [0.25, 0.3) is 0 Å². The first-order valence-corrected chi connectivity index (χ1v) is 3.49. The largest absolute Gasteiger partial charge is 0.477 e. The average molecular weight is 181 g/mol. The highest BCUT2D eigenvalue weighted by molar-refractivity contribution is 5.96. The molecule has 0 bridgehead atoms. The average Bonchev–Trinajstić information content (AvgIpc) is 2.03. The van der Waals surface area contributed by atoms with Crippen LogP contribution in [0, 0.1) is 0 Å². The van der Waals surface area contributed by atoms with Gasteiger partial charge in [-0.05, 0) is 6.92 Å². The molecule has 1 rings (SSSR count).